The van der Waals surface area contributed by atoms with Crippen molar-refractivity contribution in [3.05, 3.63) is 46.6 Å². The van der Waals surface area contributed by atoms with Crippen LogP contribution < -0.4 is 0 Å². The molecule has 1 fully saturated rings. The average molecular weight is 451 g/mol. The first-order valence-corrected chi connectivity index (χ1v) is 12.7. The van der Waals surface area contributed by atoms with Crippen LogP contribution in [0.25, 0.3) is 0 Å². The van der Waals surface area contributed by atoms with Crippen LogP contribution in [0.3, 0.4) is 0 Å². The molecular weight excluding hydrogens is 404 g/mol. The van der Waals surface area contributed by atoms with E-state index in [0.717, 1.165) is 41.6 Å². The lowest BCUT2D eigenvalue weighted by Crippen LogP contribution is -2.43. The molecule has 0 N–H and O–H groups in total. The van der Waals surface area contributed by atoms with Crippen molar-refractivity contribution in [1.29, 1.82) is 0 Å². The van der Waals surface area contributed by atoms with E-state index in [2.05, 4.69) is 107 Å². The van der Waals surface area contributed by atoms with Crippen LogP contribution in [0.15, 0.2) is 46.6 Å². The highest BCUT2D eigenvalue weighted by Gasteiger charge is 2.56. The Kier molecular flexibility index (Phi) is 5.81. The predicted octanol–water partition coefficient (Wildman–Crippen LogP) is 8.20. The molecule has 0 atom stereocenters. The summed E-state index contributed by atoms with van der Waals surface area (Å²) in [7, 11) is 0. The van der Waals surface area contributed by atoms with Gasteiger partial charge in [-0.05, 0) is 34.5 Å². The molecule has 3 aliphatic carbocycles. The van der Waals surface area contributed by atoms with Crippen LogP contribution in [-0.4, -0.2) is 11.6 Å². The Labute approximate surface area is 202 Å². The predicted molar refractivity (Wildman–Crippen MR) is 139 cm³/mol. The van der Waals surface area contributed by atoms with Crippen LogP contribution in [0.2, 0.25) is 0 Å². The van der Waals surface area contributed by atoms with E-state index < -0.39 is 0 Å². The van der Waals surface area contributed by atoms with Gasteiger partial charge in [-0.3, -0.25) is 9.59 Å². The summed E-state index contributed by atoms with van der Waals surface area (Å²) >= 11 is 0. The Hall–Kier alpha value is -1.70. The third kappa shape index (κ3) is 4.28. The molecule has 0 bridgehead atoms. The maximum Gasteiger partial charge on any atom is 0.185 e. The summed E-state index contributed by atoms with van der Waals surface area (Å²) in [6.07, 6.45) is 12.3. The smallest absolute Gasteiger partial charge is 0.185 e. The summed E-state index contributed by atoms with van der Waals surface area (Å²) in [5.74, 6) is 0.379. The van der Waals surface area contributed by atoms with Crippen LogP contribution in [0.1, 0.15) is 102 Å². The van der Waals surface area contributed by atoms with E-state index in [-0.39, 0.29) is 44.1 Å². The molecule has 0 aromatic heterocycles. The Balaban J connectivity index is 2.42. The second-order valence-corrected chi connectivity index (χ2v) is 14.8. The fourth-order valence-electron chi connectivity index (χ4n) is 5.86. The highest BCUT2D eigenvalue weighted by Crippen LogP contribution is 2.63. The number of carbonyl (C=O) groups excluding carboxylic acids is 2. The van der Waals surface area contributed by atoms with Crippen LogP contribution in [0.5, 0.6) is 0 Å². The van der Waals surface area contributed by atoms with Crippen LogP contribution >= 0.6 is 0 Å². The van der Waals surface area contributed by atoms with Crippen molar-refractivity contribution >= 4 is 11.6 Å². The van der Waals surface area contributed by atoms with Gasteiger partial charge in [-0.1, -0.05) is 114 Å². The van der Waals surface area contributed by atoms with Crippen molar-refractivity contribution in [1.82, 2.24) is 0 Å². The van der Waals surface area contributed by atoms with Gasteiger partial charge in [0.25, 0.3) is 0 Å². The van der Waals surface area contributed by atoms with Gasteiger partial charge in [-0.2, -0.15) is 0 Å². The monoisotopic (exact) mass is 450 g/mol. The second-order valence-electron chi connectivity index (χ2n) is 14.8. The van der Waals surface area contributed by atoms with Crippen molar-refractivity contribution in [3.8, 4) is 0 Å². The van der Waals surface area contributed by atoms with Crippen LogP contribution in [0, 0.1) is 32.5 Å². The fourth-order valence-corrected chi connectivity index (χ4v) is 5.86. The molecule has 2 heteroatoms. The highest BCUT2D eigenvalue weighted by molar-refractivity contribution is 6.12. The van der Waals surface area contributed by atoms with E-state index in [4.69, 9.17) is 0 Å². The molecule has 0 unspecified atom stereocenters. The van der Waals surface area contributed by atoms with E-state index in [1.165, 1.54) is 0 Å². The van der Waals surface area contributed by atoms with Crippen molar-refractivity contribution in [2.75, 3.05) is 0 Å². The zero-order chi connectivity index (χ0) is 25.4. The molecule has 0 radical (unpaired) electrons. The number of hydrogen-bond donors (Lipinski definition) is 0. The molecule has 182 valence electrons. The Bertz CT molecular complexity index is 845. The molecule has 0 aromatic carbocycles. The molecule has 0 heterocycles. The van der Waals surface area contributed by atoms with E-state index >= 15 is 0 Å². The maximum atomic E-state index is 13.7. The van der Waals surface area contributed by atoms with Crippen molar-refractivity contribution in [3.63, 3.8) is 0 Å². The molecule has 3 aliphatic rings. The maximum absolute atomic E-state index is 13.7. The largest absolute Gasteiger partial charge is 0.289 e. The van der Waals surface area contributed by atoms with Crippen molar-refractivity contribution < 1.29 is 9.59 Å². The minimum absolute atomic E-state index is 0.189. The van der Waals surface area contributed by atoms with E-state index in [1.54, 1.807) is 0 Å². The van der Waals surface area contributed by atoms with E-state index in [1.807, 2.05) is 0 Å². The zero-order valence-corrected chi connectivity index (χ0v) is 23.2. The Morgan fingerprint density at radius 2 is 0.697 bits per heavy atom. The molecule has 33 heavy (non-hydrogen) atoms. The minimum atomic E-state index is -0.292. The van der Waals surface area contributed by atoms with Gasteiger partial charge in [0.15, 0.2) is 11.6 Å². The third-order valence-electron chi connectivity index (χ3n) is 7.87. The highest BCUT2D eigenvalue weighted by atomic mass is 16.1. The van der Waals surface area contributed by atoms with Crippen LogP contribution in [0.4, 0.5) is 0 Å². The first-order chi connectivity index (χ1) is 14.6. The van der Waals surface area contributed by atoms with E-state index in [9.17, 15) is 9.59 Å². The van der Waals surface area contributed by atoms with Gasteiger partial charge >= 0.3 is 0 Å². The summed E-state index contributed by atoms with van der Waals surface area (Å²) in [4.78, 5) is 27.4. The number of hydrogen-bond acceptors (Lipinski definition) is 2. The number of fused-ring (bicyclic) bond motifs is 1. The lowest BCUT2D eigenvalue weighted by atomic mass is 9.54. The van der Waals surface area contributed by atoms with Gasteiger partial charge in [0.05, 0.1) is 0 Å². The molecule has 1 saturated carbocycles. The van der Waals surface area contributed by atoms with Gasteiger partial charge in [0.1, 0.15) is 0 Å². The Morgan fingerprint density at radius 3 is 0.879 bits per heavy atom. The van der Waals surface area contributed by atoms with Gasteiger partial charge in [-0.25, -0.2) is 0 Å². The number of rotatable bonds is 0. The first kappa shape index (κ1) is 25.9. The molecule has 0 saturated heterocycles. The number of Topliss-reactive ketones (excluding diaryl/α,β-unsaturated/α-hetero) is 2. The molecule has 2 spiro atoms. The summed E-state index contributed by atoms with van der Waals surface area (Å²) in [5.41, 5.74) is 2.14. The van der Waals surface area contributed by atoms with Gasteiger partial charge in [0, 0.05) is 33.1 Å². The van der Waals surface area contributed by atoms with Gasteiger partial charge in [0.2, 0.25) is 0 Å². The summed E-state index contributed by atoms with van der Waals surface area (Å²) in [6.45, 7) is 25.8. The Morgan fingerprint density at radius 1 is 0.485 bits per heavy atom. The number of allylic oxidation sites excluding steroid dienone is 8. The van der Waals surface area contributed by atoms with Crippen LogP contribution in [-0.2, 0) is 9.59 Å². The molecule has 0 aromatic rings. The molecule has 0 amide bonds. The fraction of sp³-hybridized carbons (Fsp3) is 0.677. The summed E-state index contributed by atoms with van der Waals surface area (Å²) in [6, 6.07) is 0. The zero-order valence-electron chi connectivity index (χ0n) is 23.2. The number of carbonyl (C=O) groups is 2. The lowest BCUT2D eigenvalue weighted by molar-refractivity contribution is -0.115. The molecule has 2 nitrogen and oxygen atoms in total. The van der Waals surface area contributed by atoms with Gasteiger partial charge < -0.3 is 0 Å². The molecule has 3 rings (SSSR count). The topological polar surface area (TPSA) is 34.1 Å². The minimum Gasteiger partial charge on any atom is -0.289 e. The molecular formula is C31H46O2. The quantitative estimate of drug-likeness (QED) is 0.373. The number of ketones is 2. The SMILES string of the molecule is CC(C)(C)C1=CC2(C=C(C(C)(C)C)C1=O)CCCC21C=C(C(C)(C)C)C(=O)C(C(C)(C)C)=C1. The van der Waals surface area contributed by atoms with E-state index in [0.29, 0.717) is 0 Å². The standard InChI is InChI=1S/C31H46O2/c1-26(2,3)20-16-30(17-21(24(20)32)27(4,5)6)14-13-15-31(30)18-22(28(7,8)9)25(33)23(19-31)29(10,11)12/h16-19H,13-15H2,1-12H3. The summed E-state index contributed by atoms with van der Waals surface area (Å²) < 4.78 is 0. The summed E-state index contributed by atoms with van der Waals surface area (Å²) in [5, 5.41) is 0. The third-order valence-corrected chi connectivity index (χ3v) is 7.87. The lowest BCUT2D eigenvalue weighted by Gasteiger charge is -2.48. The van der Waals surface area contributed by atoms with Gasteiger partial charge in [-0.15, -0.1) is 0 Å². The van der Waals surface area contributed by atoms with Crippen molar-refractivity contribution in [2.45, 2.75) is 102 Å². The normalized spacial score (nSPS) is 23.5. The van der Waals surface area contributed by atoms with Crippen molar-refractivity contribution in [2.24, 2.45) is 32.5 Å². The second kappa shape index (κ2) is 7.40. The first-order valence-electron chi connectivity index (χ1n) is 12.7. The molecule has 0 aliphatic heterocycles. The average Bonchev–Trinajstić information content (AvgIpc) is 2.92.